The van der Waals surface area contributed by atoms with Crippen LogP contribution in [0.2, 0.25) is 0 Å². The molecule has 5 nitrogen and oxygen atoms in total. The molecule has 3 rings (SSSR count). The third kappa shape index (κ3) is 3.94. The number of morpholine rings is 1. The standard InChI is InChI=1S/C18H25N3O2S/c1-3-5-16(22)21(9-8-20-10-12-23-13-11-20)18-19-17-14(2)6-4-7-15(17)24-18/h4,6-7H,3,5,8-13H2,1-2H3/p+1. The fraction of sp³-hybridized carbons (Fsp3) is 0.556. The Morgan fingerprint density at radius 1 is 1.38 bits per heavy atom. The van der Waals surface area contributed by atoms with E-state index in [0.29, 0.717) is 6.42 Å². The number of aryl methyl sites for hydroxylation is 1. The van der Waals surface area contributed by atoms with Gasteiger partial charge < -0.3 is 9.64 Å². The zero-order chi connectivity index (χ0) is 16.9. The van der Waals surface area contributed by atoms with Crippen molar-refractivity contribution in [3.8, 4) is 0 Å². The van der Waals surface area contributed by atoms with Gasteiger partial charge in [0.2, 0.25) is 5.91 Å². The molecule has 0 aliphatic carbocycles. The van der Waals surface area contributed by atoms with E-state index < -0.39 is 0 Å². The number of aromatic nitrogens is 1. The molecular formula is C18H26N3O2S+. The van der Waals surface area contributed by atoms with Gasteiger partial charge in [0.05, 0.1) is 36.5 Å². The van der Waals surface area contributed by atoms with Crippen LogP contribution < -0.4 is 9.80 Å². The number of nitrogens with zero attached hydrogens (tertiary/aromatic N) is 2. The minimum Gasteiger partial charge on any atom is -0.370 e. The number of benzene rings is 1. The smallest absolute Gasteiger partial charge is 0.228 e. The highest BCUT2D eigenvalue weighted by Gasteiger charge is 2.22. The minimum atomic E-state index is 0.182. The van der Waals surface area contributed by atoms with Gasteiger partial charge in [0, 0.05) is 6.42 Å². The molecule has 1 aliphatic heterocycles. The molecule has 1 saturated heterocycles. The van der Waals surface area contributed by atoms with E-state index in [-0.39, 0.29) is 5.91 Å². The number of fused-ring (bicyclic) bond motifs is 1. The molecule has 2 aromatic rings. The Kier molecular flexibility index (Phi) is 5.81. The normalized spacial score (nSPS) is 15.8. The Balaban J connectivity index is 1.79. The summed E-state index contributed by atoms with van der Waals surface area (Å²) in [4.78, 5) is 20.8. The number of hydrogen-bond acceptors (Lipinski definition) is 4. The largest absolute Gasteiger partial charge is 0.370 e. The van der Waals surface area contributed by atoms with Gasteiger partial charge in [-0.15, -0.1) is 0 Å². The highest BCUT2D eigenvalue weighted by molar-refractivity contribution is 7.22. The summed E-state index contributed by atoms with van der Waals surface area (Å²) in [5.74, 6) is 0.182. The van der Waals surface area contributed by atoms with Crippen LogP contribution in [0.3, 0.4) is 0 Å². The second-order valence-electron chi connectivity index (χ2n) is 6.33. The molecule has 1 aliphatic rings. The quantitative estimate of drug-likeness (QED) is 0.864. The van der Waals surface area contributed by atoms with Crippen LogP contribution in [0.4, 0.5) is 5.13 Å². The van der Waals surface area contributed by atoms with Crippen LogP contribution in [0.1, 0.15) is 25.3 Å². The van der Waals surface area contributed by atoms with Gasteiger partial charge in [-0.25, -0.2) is 4.98 Å². The number of thiazole rings is 1. The number of ether oxygens (including phenoxy) is 1. The molecule has 0 saturated carbocycles. The van der Waals surface area contributed by atoms with Crippen molar-refractivity contribution in [2.24, 2.45) is 0 Å². The van der Waals surface area contributed by atoms with Crippen molar-refractivity contribution >= 4 is 32.6 Å². The molecule has 1 fully saturated rings. The highest BCUT2D eigenvalue weighted by atomic mass is 32.1. The van der Waals surface area contributed by atoms with E-state index in [1.54, 1.807) is 11.3 Å². The summed E-state index contributed by atoms with van der Waals surface area (Å²) in [6.45, 7) is 9.48. The number of hydrogen-bond donors (Lipinski definition) is 1. The number of para-hydroxylation sites is 1. The van der Waals surface area contributed by atoms with E-state index in [1.807, 2.05) is 11.8 Å². The van der Waals surface area contributed by atoms with Crippen molar-refractivity contribution in [3.05, 3.63) is 23.8 Å². The van der Waals surface area contributed by atoms with Gasteiger partial charge in [0.15, 0.2) is 5.13 Å². The number of anilines is 1. The summed E-state index contributed by atoms with van der Waals surface area (Å²) in [6, 6.07) is 6.21. The van der Waals surface area contributed by atoms with E-state index in [9.17, 15) is 4.79 Å². The van der Waals surface area contributed by atoms with Crippen LogP contribution in [0.25, 0.3) is 10.2 Å². The summed E-state index contributed by atoms with van der Waals surface area (Å²) in [6.07, 6.45) is 1.44. The van der Waals surface area contributed by atoms with E-state index >= 15 is 0 Å². The second-order valence-corrected chi connectivity index (χ2v) is 7.33. The van der Waals surface area contributed by atoms with Crippen LogP contribution >= 0.6 is 11.3 Å². The molecule has 0 spiro atoms. The van der Waals surface area contributed by atoms with Crippen LogP contribution in [0.5, 0.6) is 0 Å². The van der Waals surface area contributed by atoms with Gasteiger partial charge in [-0.1, -0.05) is 30.4 Å². The number of rotatable bonds is 6. The van der Waals surface area contributed by atoms with E-state index in [0.717, 1.165) is 66.7 Å². The molecular weight excluding hydrogens is 322 g/mol. The van der Waals surface area contributed by atoms with E-state index in [2.05, 4.69) is 25.1 Å². The predicted molar refractivity (Wildman–Crippen MR) is 98.0 cm³/mol. The lowest BCUT2D eigenvalue weighted by atomic mass is 10.2. The monoisotopic (exact) mass is 348 g/mol. The first-order valence-electron chi connectivity index (χ1n) is 8.77. The maximum atomic E-state index is 12.6. The van der Waals surface area contributed by atoms with Crippen LogP contribution in [0, 0.1) is 6.92 Å². The predicted octanol–water partition coefficient (Wildman–Crippen LogP) is 1.65. The number of nitrogens with one attached hydrogen (secondary N) is 1. The first-order chi connectivity index (χ1) is 11.7. The number of amides is 1. The lowest BCUT2D eigenvalue weighted by Crippen LogP contribution is -3.14. The summed E-state index contributed by atoms with van der Waals surface area (Å²) in [5, 5.41) is 0.838. The highest BCUT2D eigenvalue weighted by Crippen LogP contribution is 2.30. The lowest BCUT2D eigenvalue weighted by molar-refractivity contribution is -0.906. The Morgan fingerprint density at radius 3 is 2.88 bits per heavy atom. The molecule has 24 heavy (non-hydrogen) atoms. The second kappa shape index (κ2) is 8.05. The Morgan fingerprint density at radius 2 is 2.17 bits per heavy atom. The van der Waals surface area contributed by atoms with Gasteiger partial charge in [-0.05, 0) is 25.0 Å². The van der Waals surface area contributed by atoms with Crippen molar-refractivity contribution in [1.29, 1.82) is 0 Å². The summed E-state index contributed by atoms with van der Waals surface area (Å²) < 4.78 is 6.57. The SMILES string of the molecule is CCCC(=O)N(CC[NH+]1CCOCC1)c1nc2c(C)cccc2s1. The van der Waals surface area contributed by atoms with Gasteiger partial charge in [-0.3, -0.25) is 9.69 Å². The number of carbonyl (C=O) groups excluding carboxylic acids is 1. The van der Waals surface area contributed by atoms with Gasteiger partial charge in [-0.2, -0.15) is 0 Å². The molecule has 1 aromatic heterocycles. The van der Waals surface area contributed by atoms with E-state index in [4.69, 9.17) is 9.72 Å². The molecule has 1 amide bonds. The molecule has 1 N–H and O–H groups in total. The first-order valence-corrected chi connectivity index (χ1v) is 9.58. The average molecular weight is 348 g/mol. The molecule has 0 bridgehead atoms. The zero-order valence-electron chi connectivity index (χ0n) is 14.5. The van der Waals surface area contributed by atoms with Gasteiger partial charge >= 0.3 is 0 Å². The fourth-order valence-corrected chi connectivity index (χ4v) is 4.13. The minimum absolute atomic E-state index is 0.182. The van der Waals surface area contributed by atoms with Crippen molar-refractivity contribution in [1.82, 2.24) is 4.98 Å². The average Bonchev–Trinajstić information content (AvgIpc) is 3.01. The Bertz CT molecular complexity index is 695. The number of carbonyl (C=O) groups is 1. The van der Waals surface area contributed by atoms with Crippen molar-refractivity contribution in [3.63, 3.8) is 0 Å². The van der Waals surface area contributed by atoms with Crippen LogP contribution in [-0.4, -0.2) is 50.3 Å². The Labute approximate surface area is 147 Å². The molecule has 0 radical (unpaired) electrons. The topological polar surface area (TPSA) is 46.9 Å². The molecule has 2 heterocycles. The summed E-state index contributed by atoms with van der Waals surface area (Å²) >= 11 is 1.62. The van der Waals surface area contributed by atoms with E-state index in [1.165, 1.54) is 4.90 Å². The summed E-state index contributed by atoms with van der Waals surface area (Å²) in [5.41, 5.74) is 2.18. The maximum Gasteiger partial charge on any atom is 0.228 e. The van der Waals surface area contributed by atoms with Crippen molar-refractivity contribution < 1.29 is 14.4 Å². The Hall–Kier alpha value is -1.50. The molecule has 0 unspecified atom stereocenters. The molecule has 130 valence electrons. The zero-order valence-corrected chi connectivity index (χ0v) is 15.3. The van der Waals surface area contributed by atoms with Crippen LogP contribution in [-0.2, 0) is 9.53 Å². The van der Waals surface area contributed by atoms with Crippen LogP contribution in [0.15, 0.2) is 18.2 Å². The third-order valence-corrected chi connectivity index (χ3v) is 5.54. The van der Waals surface area contributed by atoms with Gasteiger partial charge in [0.1, 0.15) is 13.1 Å². The fourth-order valence-electron chi connectivity index (χ4n) is 3.05. The third-order valence-electron chi connectivity index (χ3n) is 4.49. The van der Waals surface area contributed by atoms with Crippen molar-refractivity contribution in [2.45, 2.75) is 26.7 Å². The molecule has 6 heteroatoms. The molecule has 1 aromatic carbocycles. The molecule has 0 atom stereocenters. The van der Waals surface area contributed by atoms with Gasteiger partial charge in [0.25, 0.3) is 0 Å². The lowest BCUT2D eigenvalue weighted by Gasteiger charge is -2.26. The summed E-state index contributed by atoms with van der Waals surface area (Å²) in [7, 11) is 0. The first kappa shape index (κ1) is 17.3. The maximum absolute atomic E-state index is 12.6. The van der Waals surface area contributed by atoms with Crippen molar-refractivity contribution in [2.75, 3.05) is 44.3 Å². The number of quaternary nitrogens is 1.